The Hall–Kier alpha value is -1.31. The van der Waals surface area contributed by atoms with Gasteiger partial charge in [-0.1, -0.05) is 41.4 Å². The fourth-order valence-corrected chi connectivity index (χ4v) is 3.01. The van der Waals surface area contributed by atoms with Crippen LogP contribution >= 0.6 is 28.3 Å². The average molecular weight is 434 g/mol. The van der Waals surface area contributed by atoms with Crippen molar-refractivity contribution in [3.8, 4) is 0 Å². The van der Waals surface area contributed by atoms with Gasteiger partial charge in [-0.3, -0.25) is 4.79 Å². The van der Waals surface area contributed by atoms with Crippen LogP contribution in [0.25, 0.3) is 0 Å². The van der Waals surface area contributed by atoms with E-state index in [1.165, 1.54) is 0 Å². The fraction of sp³-hybridized carbons (Fsp3) is 0.529. The number of amides is 3. The van der Waals surface area contributed by atoms with Gasteiger partial charge in [-0.15, -0.1) is 12.4 Å². The molecule has 1 heterocycles. The molecule has 2 atom stereocenters. The van der Waals surface area contributed by atoms with Crippen LogP contribution in [0.5, 0.6) is 0 Å². The Morgan fingerprint density at radius 3 is 2.60 bits per heavy atom. The summed E-state index contributed by atoms with van der Waals surface area (Å²) in [6.07, 6.45) is 2.26. The van der Waals surface area contributed by atoms with E-state index in [9.17, 15) is 9.59 Å². The van der Waals surface area contributed by atoms with Crippen molar-refractivity contribution in [3.05, 3.63) is 34.3 Å². The van der Waals surface area contributed by atoms with E-state index in [-0.39, 0.29) is 30.4 Å². The Kier molecular flexibility index (Phi) is 9.24. The maximum Gasteiger partial charge on any atom is 0.315 e. The molecular formula is C17H26BrClN4O2. The predicted molar refractivity (Wildman–Crippen MR) is 105 cm³/mol. The summed E-state index contributed by atoms with van der Waals surface area (Å²) in [5, 5.41) is 5.60. The third-order valence-electron chi connectivity index (χ3n) is 4.08. The maximum atomic E-state index is 12.6. The standard InChI is InChI=1S/C17H25BrN4O2.ClH/c1-2-3-15(16(23)22-9-8-14(19)11-22)21-17(24)20-10-12-4-6-13(18)7-5-12;/h4-7,14-15H,2-3,8-11,19H2,1H3,(H2,20,21,24);1H/t14-,15?;/m1./s1. The average Bonchev–Trinajstić information content (AvgIpc) is 3.00. The fourth-order valence-electron chi connectivity index (χ4n) is 2.75. The van der Waals surface area contributed by atoms with Crippen molar-refractivity contribution in [2.45, 2.75) is 44.8 Å². The second-order valence-electron chi connectivity index (χ2n) is 6.13. The summed E-state index contributed by atoms with van der Waals surface area (Å²) in [4.78, 5) is 26.4. The minimum Gasteiger partial charge on any atom is -0.339 e. The second-order valence-corrected chi connectivity index (χ2v) is 7.04. The zero-order valence-electron chi connectivity index (χ0n) is 14.3. The van der Waals surface area contributed by atoms with Crippen molar-refractivity contribution in [3.63, 3.8) is 0 Å². The first kappa shape index (κ1) is 21.7. The first-order chi connectivity index (χ1) is 11.5. The largest absolute Gasteiger partial charge is 0.339 e. The molecule has 1 aliphatic rings. The first-order valence-corrected chi connectivity index (χ1v) is 9.12. The van der Waals surface area contributed by atoms with Crippen molar-refractivity contribution >= 4 is 40.3 Å². The molecule has 0 bridgehead atoms. The number of benzene rings is 1. The zero-order valence-corrected chi connectivity index (χ0v) is 16.7. The number of urea groups is 1. The quantitative estimate of drug-likeness (QED) is 0.644. The highest BCUT2D eigenvalue weighted by Gasteiger charge is 2.29. The highest BCUT2D eigenvalue weighted by atomic mass is 79.9. The number of hydrogen-bond donors (Lipinski definition) is 3. The van der Waals surface area contributed by atoms with Gasteiger partial charge in [-0.05, 0) is 30.5 Å². The van der Waals surface area contributed by atoms with Crippen LogP contribution in [-0.4, -0.2) is 42.0 Å². The molecule has 8 heteroatoms. The lowest BCUT2D eigenvalue weighted by atomic mass is 10.1. The lowest BCUT2D eigenvalue weighted by molar-refractivity contribution is -0.132. The summed E-state index contributed by atoms with van der Waals surface area (Å²) in [7, 11) is 0. The highest BCUT2D eigenvalue weighted by molar-refractivity contribution is 9.10. The molecule has 1 unspecified atom stereocenters. The molecule has 25 heavy (non-hydrogen) atoms. The van der Waals surface area contributed by atoms with E-state index in [0.29, 0.717) is 26.1 Å². The summed E-state index contributed by atoms with van der Waals surface area (Å²) >= 11 is 3.38. The highest BCUT2D eigenvalue weighted by Crippen LogP contribution is 2.12. The monoisotopic (exact) mass is 432 g/mol. The van der Waals surface area contributed by atoms with Crippen LogP contribution in [0.15, 0.2) is 28.7 Å². The molecule has 1 saturated heterocycles. The second kappa shape index (κ2) is 10.6. The number of nitrogens with one attached hydrogen (secondary N) is 2. The third kappa shape index (κ3) is 6.84. The Morgan fingerprint density at radius 1 is 1.36 bits per heavy atom. The van der Waals surface area contributed by atoms with Gasteiger partial charge in [0.25, 0.3) is 0 Å². The van der Waals surface area contributed by atoms with Crippen molar-refractivity contribution in [2.24, 2.45) is 5.73 Å². The SMILES string of the molecule is CCCC(NC(=O)NCc1ccc(Br)cc1)C(=O)N1CC[C@@H](N)C1.Cl. The Morgan fingerprint density at radius 2 is 2.04 bits per heavy atom. The van der Waals surface area contributed by atoms with Gasteiger partial charge in [-0.2, -0.15) is 0 Å². The Bertz CT molecular complexity index is 570. The van der Waals surface area contributed by atoms with E-state index in [0.717, 1.165) is 22.9 Å². The van der Waals surface area contributed by atoms with Gasteiger partial charge in [0.1, 0.15) is 6.04 Å². The molecule has 6 nitrogen and oxygen atoms in total. The van der Waals surface area contributed by atoms with Crippen LogP contribution in [0.3, 0.4) is 0 Å². The van der Waals surface area contributed by atoms with E-state index in [1.807, 2.05) is 31.2 Å². The third-order valence-corrected chi connectivity index (χ3v) is 4.61. The van der Waals surface area contributed by atoms with E-state index in [1.54, 1.807) is 4.90 Å². The molecule has 0 aliphatic carbocycles. The molecule has 2 rings (SSSR count). The number of rotatable bonds is 6. The molecular weight excluding hydrogens is 408 g/mol. The number of nitrogens with two attached hydrogens (primary N) is 1. The van der Waals surface area contributed by atoms with E-state index < -0.39 is 6.04 Å². The topological polar surface area (TPSA) is 87.5 Å². The normalized spacial score (nSPS) is 17.6. The molecule has 1 aromatic carbocycles. The molecule has 1 aliphatic heterocycles. The number of likely N-dealkylation sites (tertiary alicyclic amines) is 1. The van der Waals surface area contributed by atoms with Gasteiger partial charge in [0.2, 0.25) is 5.91 Å². The van der Waals surface area contributed by atoms with Crippen LogP contribution in [-0.2, 0) is 11.3 Å². The smallest absolute Gasteiger partial charge is 0.315 e. The summed E-state index contributed by atoms with van der Waals surface area (Å²) in [5.41, 5.74) is 6.86. The summed E-state index contributed by atoms with van der Waals surface area (Å²) in [6.45, 7) is 3.65. The van der Waals surface area contributed by atoms with Gasteiger partial charge >= 0.3 is 6.03 Å². The van der Waals surface area contributed by atoms with Crippen LogP contribution < -0.4 is 16.4 Å². The van der Waals surface area contributed by atoms with Crippen molar-refractivity contribution in [2.75, 3.05) is 13.1 Å². The Labute approximate surface area is 163 Å². The van der Waals surface area contributed by atoms with Crippen LogP contribution in [0.2, 0.25) is 0 Å². The number of carbonyl (C=O) groups is 2. The zero-order chi connectivity index (χ0) is 17.5. The molecule has 0 aromatic heterocycles. The van der Waals surface area contributed by atoms with Crippen molar-refractivity contribution < 1.29 is 9.59 Å². The lowest BCUT2D eigenvalue weighted by Crippen LogP contribution is -2.51. The molecule has 4 N–H and O–H groups in total. The minimum atomic E-state index is -0.495. The molecule has 1 fully saturated rings. The van der Waals surface area contributed by atoms with E-state index >= 15 is 0 Å². The van der Waals surface area contributed by atoms with Gasteiger partial charge in [0.15, 0.2) is 0 Å². The maximum absolute atomic E-state index is 12.6. The van der Waals surface area contributed by atoms with Gasteiger partial charge in [0.05, 0.1) is 0 Å². The van der Waals surface area contributed by atoms with Crippen molar-refractivity contribution in [1.29, 1.82) is 0 Å². The minimum absolute atomic E-state index is 0. The van der Waals surface area contributed by atoms with Gasteiger partial charge < -0.3 is 21.3 Å². The van der Waals surface area contributed by atoms with Gasteiger partial charge in [-0.25, -0.2) is 4.79 Å². The summed E-state index contributed by atoms with van der Waals surface area (Å²) in [6, 6.07) is 6.94. The van der Waals surface area contributed by atoms with E-state index in [4.69, 9.17) is 5.73 Å². The first-order valence-electron chi connectivity index (χ1n) is 8.32. The number of nitrogens with zero attached hydrogens (tertiary/aromatic N) is 1. The lowest BCUT2D eigenvalue weighted by Gasteiger charge is -2.24. The van der Waals surface area contributed by atoms with Crippen molar-refractivity contribution in [1.82, 2.24) is 15.5 Å². The van der Waals surface area contributed by atoms with E-state index in [2.05, 4.69) is 26.6 Å². The predicted octanol–water partition coefficient (Wildman–Crippen LogP) is 2.40. The molecule has 0 saturated carbocycles. The number of halogens is 2. The van der Waals surface area contributed by atoms with Crippen LogP contribution in [0.4, 0.5) is 4.79 Å². The summed E-state index contributed by atoms with van der Waals surface area (Å²) in [5.74, 6) is -0.0383. The van der Waals surface area contributed by atoms with Crippen LogP contribution in [0.1, 0.15) is 31.7 Å². The number of hydrogen-bond acceptors (Lipinski definition) is 3. The summed E-state index contributed by atoms with van der Waals surface area (Å²) < 4.78 is 0.994. The molecule has 3 amide bonds. The Balaban J connectivity index is 0.00000312. The van der Waals surface area contributed by atoms with Gasteiger partial charge in [0, 0.05) is 30.1 Å². The van der Waals surface area contributed by atoms with Crippen LogP contribution in [0, 0.1) is 0 Å². The molecule has 0 spiro atoms. The molecule has 1 aromatic rings. The molecule has 140 valence electrons. The number of carbonyl (C=O) groups excluding carboxylic acids is 2. The molecule has 0 radical (unpaired) electrons.